The van der Waals surface area contributed by atoms with Crippen molar-refractivity contribution in [2.45, 2.75) is 412 Å². The van der Waals surface area contributed by atoms with Crippen LogP contribution in [-0.4, -0.2) is 74.9 Å². The molecule has 0 aliphatic heterocycles. The van der Waals surface area contributed by atoms with Crippen molar-refractivity contribution in [3.8, 4) is 0 Å². The van der Waals surface area contributed by atoms with Gasteiger partial charge < -0.3 is 18.9 Å². The van der Waals surface area contributed by atoms with E-state index in [0.29, 0.717) is 23.9 Å². The second kappa shape index (κ2) is 77.4. The van der Waals surface area contributed by atoms with E-state index >= 15 is 0 Å². The number of carbonyl (C=O) groups excluding carboxylic acids is 2. The summed E-state index contributed by atoms with van der Waals surface area (Å²) in [7, 11) is 1.49. The van der Waals surface area contributed by atoms with E-state index in [1.165, 1.54) is 295 Å². The Bertz CT molecular complexity index is 1910. The fourth-order valence-electron chi connectivity index (χ4n) is 12.4. The zero-order valence-corrected chi connectivity index (χ0v) is 65.7. The quantitative estimate of drug-likeness (QED) is 0.0211. The van der Waals surface area contributed by atoms with Gasteiger partial charge >= 0.3 is 19.8 Å². The number of unbranched alkanes of at least 4 members (excludes halogenated alkanes) is 50. The van der Waals surface area contributed by atoms with Gasteiger partial charge in [-0.2, -0.15) is 0 Å². The van der Waals surface area contributed by atoms with Gasteiger partial charge in [0, 0.05) is 12.8 Å². The molecule has 0 radical (unpaired) electrons. The van der Waals surface area contributed by atoms with Gasteiger partial charge in [0.2, 0.25) is 0 Å². The van der Waals surface area contributed by atoms with Gasteiger partial charge in [-0.1, -0.05) is 407 Å². The number of hydrogen-bond acceptors (Lipinski definition) is 7. The third-order valence-corrected chi connectivity index (χ3v) is 19.7. The Kier molecular flexibility index (Phi) is 75.1. The summed E-state index contributed by atoms with van der Waals surface area (Å²) in [4.78, 5) is 36.0. The van der Waals surface area contributed by atoms with Crippen LogP contribution in [-0.2, 0) is 32.7 Å². The molecule has 97 heavy (non-hydrogen) atoms. The van der Waals surface area contributed by atoms with E-state index in [4.69, 9.17) is 18.5 Å². The predicted molar refractivity (Wildman–Crippen MR) is 422 cm³/mol. The van der Waals surface area contributed by atoms with Crippen LogP contribution >= 0.6 is 7.82 Å². The van der Waals surface area contributed by atoms with E-state index < -0.39 is 26.5 Å². The van der Waals surface area contributed by atoms with Crippen LogP contribution in [0.2, 0.25) is 0 Å². The minimum atomic E-state index is -4.40. The van der Waals surface area contributed by atoms with Gasteiger partial charge in [-0.15, -0.1) is 0 Å². The summed E-state index contributed by atoms with van der Waals surface area (Å²) in [6, 6.07) is 0. The first-order valence-electron chi connectivity index (χ1n) is 41.8. The van der Waals surface area contributed by atoms with E-state index in [0.717, 1.165) is 77.0 Å². The Labute approximate surface area is 602 Å². The highest BCUT2D eigenvalue weighted by molar-refractivity contribution is 7.47. The van der Waals surface area contributed by atoms with Gasteiger partial charge in [-0.25, -0.2) is 4.57 Å². The van der Waals surface area contributed by atoms with Crippen molar-refractivity contribution in [1.82, 2.24) is 0 Å². The first-order chi connectivity index (χ1) is 47.5. The molecule has 566 valence electrons. The molecule has 0 aliphatic rings. The summed E-state index contributed by atoms with van der Waals surface area (Å²) in [6.07, 6.45) is 107. The third-order valence-electron chi connectivity index (χ3n) is 18.7. The molecule has 2 unspecified atom stereocenters. The first-order valence-corrected chi connectivity index (χ1v) is 43.3. The van der Waals surface area contributed by atoms with Crippen molar-refractivity contribution >= 4 is 19.8 Å². The molecular formula is C87H161NO8P+. The number of phosphoric ester groups is 1. The maximum Gasteiger partial charge on any atom is 0.472 e. The maximum atomic E-state index is 12.9. The number of likely N-dealkylation sites (N-methyl/N-ethyl adjacent to an activating group) is 1. The number of carbonyl (C=O) groups is 2. The summed E-state index contributed by atoms with van der Waals surface area (Å²) in [6.45, 7) is 4.39. The van der Waals surface area contributed by atoms with Crippen molar-refractivity contribution in [2.24, 2.45) is 0 Å². The molecular weight excluding hydrogens is 1220 g/mol. The number of nitrogens with zero attached hydrogens (tertiary/aromatic N) is 1. The minimum absolute atomic E-state index is 0.0326. The van der Waals surface area contributed by atoms with Crippen LogP contribution in [0.25, 0.3) is 0 Å². The first kappa shape index (κ1) is 94.2. The van der Waals surface area contributed by atoms with Crippen molar-refractivity contribution in [3.63, 3.8) is 0 Å². The highest BCUT2D eigenvalue weighted by Gasteiger charge is 2.27. The smallest absolute Gasteiger partial charge is 0.462 e. The number of rotatable bonds is 78. The normalized spacial score (nSPS) is 13.4. The average Bonchev–Trinajstić information content (AvgIpc) is 1.69. The highest BCUT2D eigenvalue weighted by Crippen LogP contribution is 2.43. The SMILES string of the molecule is CC/C=C\C/C=C\C/C=C\C/C=C\C/C=C\C/C=C\C/C=C\CCCCCCCCCCCCCCCCCCCC(=O)OC(COC(=O)CCCCCCCCCCCCCCCCCCCCCCCCCCCCCCCCCCCC)COP(=O)(O)OCC[N+](C)(C)C. The summed E-state index contributed by atoms with van der Waals surface area (Å²) in [5.41, 5.74) is 0. The molecule has 0 spiro atoms. The van der Waals surface area contributed by atoms with Crippen molar-refractivity contribution < 1.29 is 42.1 Å². The van der Waals surface area contributed by atoms with Crippen LogP contribution in [0, 0.1) is 0 Å². The van der Waals surface area contributed by atoms with E-state index in [1.807, 2.05) is 21.1 Å². The Morgan fingerprint density at radius 3 is 0.876 bits per heavy atom. The van der Waals surface area contributed by atoms with E-state index in [1.54, 1.807) is 0 Å². The Hall–Kier alpha value is -2.81. The molecule has 0 aromatic rings. The zero-order valence-electron chi connectivity index (χ0n) is 64.8. The maximum absolute atomic E-state index is 12.9. The molecule has 0 heterocycles. The summed E-state index contributed by atoms with van der Waals surface area (Å²) in [5.74, 6) is -0.777. The third kappa shape index (κ3) is 82.0. The lowest BCUT2D eigenvalue weighted by atomic mass is 10.0. The average molecular weight is 1380 g/mol. The molecule has 0 fully saturated rings. The van der Waals surface area contributed by atoms with E-state index in [9.17, 15) is 19.0 Å². The topological polar surface area (TPSA) is 108 Å². The number of allylic oxidation sites excluding steroid dienone is 14. The molecule has 0 aliphatic carbocycles. The molecule has 1 N–H and O–H groups in total. The fraction of sp³-hybridized carbons (Fsp3) is 0.816. The monoisotopic (exact) mass is 1380 g/mol. The van der Waals surface area contributed by atoms with Crippen LogP contribution < -0.4 is 0 Å². The number of quaternary nitrogens is 1. The van der Waals surface area contributed by atoms with Gasteiger partial charge in [0.05, 0.1) is 27.7 Å². The summed E-state index contributed by atoms with van der Waals surface area (Å²) in [5, 5.41) is 0. The molecule has 0 rings (SSSR count). The highest BCUT2D eigenvalue weighted by atomic mass is 31.2. The molecule has 0 aromatic carbocycles. The van der Waals surface area contributed by atoms with Crippen molar-refractivity contribution in [1.29, 1.82) is 0 Å². The van der Waals surface area contributed by atoms with E-state index in [2.05, 4.69) is 98.9 Å². The lowest BCUT2D eigenvalue weighted by molar-refractivity contribution is -0.870. The predicted octanol–water partition coefficient (Wildman–Crippen LogP) is 28.0. The fourth-order valence-corrected chi connectivity index (χ4v) is 13.1. The largest absolute Gasteiger partial charge is 0.472 e. The Balaban J connectivity index is 3.92. The van der Waals surface area contributed by atoms with Crippen LogP contribution in [0.5, 0.6) is 0 Å². The van der Waals surface area contributed by atoms with Crippen LogP contribution in [0.3, 0.4) is 0 Å². The summed E-state index contributed by atoms with van der Waals surface area (Å²) >= 11 is 0. The van der Waals surface area contributed by atoms with Gasteiger partial charge in [0.1, 0.15) is 19.8 Å². The van der Waals surface area contributed by atoms with Gasteiger partial charge in [0.25, 0.3) is 0 Å². The second-order valence-electron chi connectivity index (χ2n) is 29.5. The number of esters is 2. The molecule has 0 amide bonds. The molecule has 0 saturated carbocycles. The molecule has 9 nitrogen and oxygen atoms in total. The summed E-state index contributed by atoms with van der Waals surface area (Å²) < 4.78 is 34.9. The number of ether oxygens (including phenoxy) is 2. The van der Waals surface area contributed by atoms with Gasteiger partial charge in [-0.3, -0.25) is 18.6 Å². The van der Waals surface area contributed by atoms with Crippen molar-refractivity contribution in [3.05, 3.63) is 85.1 Å². The van der Waals surface area contributed by atoms with Crippen LogP contribution in [0.4, 0.5) is 0 Å². The molecule has 10 heteroatoms. The Morgan fingerprint density at radius 1 is 0.330 bits per heavy atom. The van der Waals surface area contributed by atoms with Gasteiger partial charge in [0.15, 0.2) is 6.10 Å². The standard InChI is InChI=1S/C87H160NO8P/c1-6-8-10-12-14-16-18-20-22-24-26-28-30-32-34-36-38-40-42-43-44-45-46-48-50-52-54-56-58-60-62-64-66-68-70-72-74-76-78-80-87(90)96-85(84-95-97(91,92)94-82-81-88(3,4)5)83-93-86(89)79-77-75-73-71-69-67-65-63-61-59-57-55-53-51-49-47-41-39-37-35-33-31-29-27-25-23-21-19-17-15-13-11-9-7-2/h8,10,14,16,20,22,26,28,32,34,38,40,43-44,85H,6-7,9,11-13,15,17-19,21,23-25,27,29-31,33,35-37,39,41-42,45-84H2,1-5H3/p+1/b10-8-,16-14-,22-20-,28-26-,34-32-,40-38-,44-43-. The molecule has 2 atom stereocenters. The second-order valence-corrected chi connectivity index (χ2v) is 30.9. The number of phosphoric acid groups is 1. The van der Waals surface area contributed by atoms with Crippen LogP contribution in [0.1, 0.15) is 406 Å². The number of hydrogen-bond donors (Lipinski definition) is 1. The lowest BCUT2D eigenvalue weighted by Gasteiger charge is -2.24. The van der Waals surface area contributed by atoms with Crippen LogP contribution in [0.15, 0.2) is 85.1 Å². The molecule has 0 aromatic heterocycles. The minimum Gasteiger partial charge on any atom is -0.462 e. The molecule has 0 saturated heterocycles. The zero-order chi connectivity index (χ0) is 70.4. The van der Waals surface area contributed by atoms with E-state index in [-0.39, 0.29) is 25.6 Å². The van der Waals surface area contributed by atoms with Crippen molar-refractivity contribution in [2.75, 3.05) is 47.5 Å². The Morgan fingerprint density at radius 2 is 0.588 bits per heavy atom. The van der Waals surface area contributed by atoms with Gasteiger partial charge in [-0.05, 0) is 70.6 Å². The lowest BCUT2D eigenvalue weighted by Crippen LogP contribution is -2.37. The molecule has 0 bridgehead atoms.